The molecular weight excluding hydrogens is 534 g/mol. The maximum atomic E-state index is 13.8. The van der Waals surface area contributed by atoms with Gasteiger partial charge in [-0.1, -0.05) is 48.5 Å². The zero-order valence-corrected chi connectivity index (χ0v) is 24.6. The van der Waals surface area contributed by atoms with Crippen LogP contribution in [0.1, 0.15) is 64.1 Å². The molecule has 3 heterocycles. The molecule has 1 aromatic heterocycles. The number of alkyl carbamates (subject to hydrolysis) is 1. The van der Waals surface area contributed by atoms with Gasteiger partial charge in [0.25, 0.3) is 0 Å². The standard InChI is InChI=1S/C32H39N5O5/c1-20(21-11-6-5-7-12-21)37-28(38)18-27-25(15-10-16-36(27)31(37)41)34-29(39)26(35-30(40)42-32(2,3)4)17-22-19-33-24-14-9-8-13-23(22)24/h5-9,11-14,19-20,25-27,33H,10,15-18H2,1-4H3,(H,34,39)(H,35,40)/t20-,25-,26+,27+/m1/s1. The van der Waals surface area contributed by atoms with Gasteiger partial charge in [-0.25, -0.2) is 9.59 Å². The number of carbonyl (C=O) groups is 4. The number of amides is 5. The highest BCUT2D eigenvalue weighted by molar-refractivity contribution is 5.98. The molecule has 0 aliphatic carbocycles. The van der Waals surface area contributed by atoms with Crippen LogP contribution in [0.5, 0.6) is 0 Å². The Hall–Kier alpha value is -4.34. The minimum Gasteiger partial charge on any atom is -0.444 e. The Labute approximate surface area is 245 Å². The van der Waals surface area contributed by atoms with Crippen LogP contribution in [0.15, 0.2) is 60.8 Å². The predicted molar refractivity (Wildman–Crippen MR) is 159 cm³/mol. The second kappa shape index (κ2) is 11.9. The van der Waals surface area contributed by atoms with E-state index in [2.05, 4.69) is 15.6 Å². The van der Waals surface area contributed by atoms with Crippen molar-refractivity contribution < 1.29 is 23.9 Å². The number of carbonyl (C=O) groups excluding carboxylic acids is 4. The van der Waals surface area contributed by atoms with E-state index in [1.54, 1.807) is 25.7 Å². The number of nitrogens with zero attached hydrogens (tertiary/aromatic N) is 2. The van der Waals surface area contributed by atoms with Gasteiger partial charge in [0.05, 0.1) is 12.1 Å². The Bertz CT molecular complexity index is 1460. The fourth-order valence-corrected chi connectivity index (χ4v) is 5.96. The van der Waals surface area contributed by atoms with E-state index in [0.717, 1.165) is 22.0 Å². The molecule has 2 aliphatic rings. The van der Waals surface area contributed by atoms with Gasteiger partial charge in [-0.3, -0.25) is 14.5 Å². The van der Waals surface area contributed by atoms with E-state index >= 15 is 0 Å². The van der Waals surface area contributed by atoms with E-state index in [1.165, 1.54) is 4.90 Å². The van der Waals surface area contributed by atoms with Gasteiger partial charge < -0.3 is 25.3 Å². The minimum atomic E-state index is -0.931. The summed E-state index contributed by atoms with van der Waals surface area (Å²) in [5.41, 5.74) is 1.95. The van der Waals surface area contributed by atoms with Gasteiger partial charge in [0, 0.05) is 42.5 Å². The zero-order chi connectivity index (χ0) is 30.0. The molecule has 42 heavy (non-hydrogen) atoms. The van der Waals surface area contributed by atoms with Gasteiger partial charge in [0.15, 0.2) is 0 Å². The van der Waals surface area contributed by atoms with Crippen molar-refractivity contribution in [2.45, 2.75) is 83.1 Å². The molecule has 0 saturated carbocycles. The number of H-pyrrole nitrogens is 1. The fourth-order valence-electron chi connectivity index (χ4n) is 5.96. The molecule has 3 N–H and O–H groups in total. The van der Waals surface area contributed by atoms with Crippen LogP contribution in [-0.4, -0.2) is 69.0 Å². The molecule has 2 saturated heterocycles. The molecule has 222 valence electrons. The van der Waals surface area contributed by atoms with Crippen molar-refractivity contribution in [1.29, 1.82) is 0 Å². The minimum absolute atomic E-state index is 0.112. The first-order valence-corrected chi connectivity index (χ1v) is 14.5. The molecule has 4 atom stereocenters. The molecule has 2 fully saturated rings. The molecule has 0 unspecified atom stereocenters. The van der Waals surface area contributed by atoms with E-state index < -0.39 is 41.8 Å². The highest BCUT2D eigenvalue weighted by Crippen LogP contribution is 2.32. The summed E-state index contributed by atoms with van der Waals surface area (Å²) in [5.74, 6) is -0.654. The van der Waals surface area contributed by atoms with Crippen molar-refractivity contribution in [2.75, 3.05) is 6.54 Å². The summed E-state index contributed by atoms with van der Waals surface area (Å²) in [4.78, 5) is 59.8. The quantitative estimate of drug-likeness (QED) is 0.379. The smallest absolute Gasteiger partial charge is 0.408 e. The van der Waals surface area contributed by atoms with Crippen molar-refractivity contribution in [3.8, 4) is 0 Å². The number of piperidine rings is 1. The summed E-state index contributed by atoms with van der Waals surface area (Å²) in [6, 6.07) is 14.7. The van der Waals surface area contributed by atoms with Crippen LogP contribution in [-0.2, 0) is 20.7 Å². The van der Waals surface area contributed by atoms with Crippen LogP contribution in [0.3, 0.4) is 0 Å². The number of rotatable bonds is 7. The number of fused-ring (bicyclic) bond motifs is 2. The van der Waals surface area contributed by atoms with Gasteiger partial charge in [0.1, 0.15) is 11.6 Å². The summed E-state index contributed by atoms with van der Waals surface area (Å²) >= 11 is 0. The van der Waals surface area contributed by atoms with Gasteiger partial charge in [-0.05, 0) is 57.7 Å². The molecule has 2 aromatic carbocycles. The third-order valence-electron chi connectivity index (χ3n) is 7.99. The monoisotopic (exact) mass is 573 g/mol. The van der Waals surface area contributed by atoms with Crippen molar-refractivity contribution in [3.63, 3.8) is 0 Å². The number of nitrogens with one attached hydrogen (secondary N) is 3. The van der Waals surface area contributed by atoms with Gasteiger partial charge >= 0.3 is 12.1 Å². The molecule has 5 amide bonds. The summed E-state index contributed by atoms with van der Waals surface area (Å²) in [6.07, 6.45) is 2.79. The number of aromatic amines is 1. The van der Waals surface area contributed by atoms with Crippen molar-refractivity contribution in [3.05, 3.63) is 71.9 Å². The lowest BCUT2D eigenvalue weighted by molar-refractivity contribution is -0.137. The molecule has 2 aliphatic heterocycles. The van der Waals surface area contributed by atoms with Gasteiger partial charge in [-0.15, -0.1) is 0 Å². The van der Waals surface area contributed by atoms with Crippen molar-refractivity contribution in [2.24, 2.45) is 0 Å². The van der Waals surface area contributed by atoms with Crippen molar-refractivity contribution in [1.82, 2.24) is 25.4 Å². The van der Waals surface area contributed by atoms with Crippen LogP contribution < -0.4 is 10.6 Å². The average molecular weight is 574 g/mol. The second-order valence-electron chi connectivity index (χ2n) is 12.1. The molecule has 3 aromatic rings. The Morgan fingerprint density at radius 2 is 1.79 bits per heavy atom. The molecule has 10 heteroatoms. The topological polar surface area (TPSA) is 124 Å². The van der Waals surface area contributed by atoms with Crippen LogP contribution in [0.4, 0.5) is 9.59 Å². The van der Waals surface area contributed by atoms with Crippen LogP contribution in [0, 0.1) is 0 Å². The lowest BCUT2D eigenvalue weighted by Crippen LogP contribution is -2.66. The maximum absolute atomic E-state index is 13.8. The molecule has 0 bridgehead atoms. The van der Waals surface area contributed by atoms with Gasteiger partial charge in [0.2, 0.25) is 11.8 Å². The maximum Gasteiger partial charge on any atom is 0.408 e. The third kappa shape index (κ3) is 6.27. The van der Waals surface area contributed by atoms with E-state index in [0.29, 0.717) is 19.4 Å². The average Bonchev–Trinajstić information content (AvgIpc) is 3.35. The van der Waals surface area contributed by atoms with Crippen LogP contribution in [0.25, 0.3) is 10.9 Å². The number of hydrogen-bond donors (Lipinski definition) is 3. The number of urea groups is 1. The fraction of sp³-hybridized carbons (Fsp3) is 0.438. The predicted octanol–water partition coefficient (Wildman–Crippen LogP) is 4.67. The lowest BCUT2D eigenvalue weighted by Gasteiger charge is -2.48. The Balaban J connectivity index is 1.33. The summed E-state index contributed by atoms with van der Waals surface area (Å²) in [6.45, 7) is 7.65. The number of benzene rings is 2. The van der Waals surface area contributed by atoms with Crippen LogP contribution in [0.2, 0.25) is 0 Å². The summed E-state index contributed by atoms with van der Waals surface area (Å²) < 4.78 is 5.46. The van der Waals surface area contributed by atoms with E-state index in [1.807, 2.05) is 67.7 Å². The first-order valence-electron chi connectivity index (χ1n) is 14.5. The SMILES string of the molecule is C[C@H](c1ccccc1)N1C(=O)C[C@H]2[C@H](NC(=O)[C@H](Cc3c[nH]c4ccccc34)NC(=O)OC(C)(C)C)CCCN2C1=O. The van der Waals surface area contributed by atoms with E-state index in [4.69, 9.17) is 4.74 Å². The first kappa shape index (κ1) is 29.2. The third-order valence-corrected chi connectivity index (χ3v) is 7.99. The van der Waals surface area contributed by atoms with Crippen molar-refractivity contribution >= 4 is 34.8 Å². The number of ether oxygens (including phenoxy) is 1. The number of para-hydroxylation sites is 1. The van der Waals surface area contributed by atoms with E-state index in [-0.39, 0.29) is 24.8 Å². The normalized spacial score (nSPS) is 20.6. The number of aromatic nitrogens is 1. The van der Waals surface area contributed by atoms with E-state index in [9.17, 15) is 19.2 Å². The molecule has 0 radical (unpaired) electrons. The summed E-state index contributed by atoms with van der Waals surface area (Å²) in [5, 5.41) is 6.79. The highest BCUT2D eigenvalue weighted by atomic mass is 16.6. The molecule has 10 nitrogen and oxygen atoms in total. The number of imide groups is 1. The lowest BCUT2D eigenvalue weighted by atomic mass is 9.90. The number of hydrogen-bond acceptors (Lipinski definition) is 5. The second-order valence-corrected chi connectivity index (χ2v) is 12.1. The Morgan fingerprint density at radius 3 is 2.52 bits per heavy atom. The van der Waals surface area contributed by atoms with Crippen LogP contribution >= 0.6 is 0 Å². The Morgan fingerprint density at radius 1 is 1.07 bits per heavy atom. The summed E-state index contributed by atoms with van der Waals surface area (Å²) in [7, 11) is 0. The van der Waals surface area contributed by atoms with Gasteiger partial charge in [-0.2, -0.15) is 0 Å². The molecule has 0 spiro atoms. The molecular formula is C32H39N5O5. The Kier molecular flexibility index (Phi) is 8.24. The first-order chi connectivity index (χ1) is 20.0. The zero-order valence-electron chi connectivity index (χ0n) is 24.6. The highest BCUT2D eigenvalue weighted by Gasteiger charge is 2.46. The molecule has 5 rings (SSSR count). The largest absolute Gasteiger partial charge is 0.444 e.